The average Bonchev–Trinajstić information content (AvgIpc) is 2.53. The number of benzene rings is 2. The van der Waals surface area contributed by atoms with Gasteiger partial charge in [-0.3, -0.25) is 15.0 Å². The molecule has 0 fully saturated rings. The zero-order valence-corrected chi connectivity index (χ0v) is 13.6. The molecule has 0 spiro atoms. The van der Waals surface area contributed by atoms with E-state index < -0.39 is 15.9 Å². The van der Waals surface area contributed by atoms with Crippen molar-refractivity contribution in [2.24, 2.45) is 0 Å². The van der Waals surface area contributed by atoms with E-state index in [2.05, 4.69) is 5.43 Å². The maximum atomic E-state index is 12.1. The molecule has 1 amide bonds. The second-order valence-corrected chi connectivity index (χ2v) is 6.71. The Morgan fingerprint density at radius 2 is 1.61 bits per heavy atom. The summed E-state index contributed by atoms with van der Waals surface area (Å²) in [4.78, 5) is 25.0. The predicted octanol–water partition coefficient (Wildman–Crippen LogP) is 2.17. The van der Waals surface area contributed by atoms with Crippen LogP contribution >= 0.6 is 11.6 Å². The van der Waals surface area contributed by atoms with Crippen LogP contribution in [0, 0.1) is 0 Å². The van der Waals surface area contributed by atoms with Crippen LogP contribution in [-0.2, 0) is 10.0 Å². The summed E-state index contributed by atoms with van der Waals surface area (Å²) >= 11 is 5.86. The Balaban J connectivity index is 2.11. The molecule has 0 saturated carbocycles. The van der Waals surface area contributed by atoms with E-state index in [9.17, 15) is 18.0 Å². The van der Waals surface area contributed by atoms with Crippen molar-refractivity contribution in [2.45, 2.75) is 11.8 Å². The molecule has 2 aromatic rings. The topological polar surface area (TPSA) is 92.3 Å². The van der Waals surface area contributed by atoms with E-state index in [4.69, 9.17) is 11.6 Å². The van der Waals surface area contributed by atoms with Gasteiger partial charge in [0.25, 0.3) is 15.9 Å². The van der Waals surface area contributed by atoms with Crippen LogP contribution in [0.5, 0.6) is 0 Å². The summed E-state index contributed by atoms with van der Waals surface area (Å²) in [5.74, 6) is -0.853. The van der Waals surface area contributed by atoms with Crippen LogP contribution in [0.2, 0.25) is 5.02 Å². The molecule has 0 unspecified atom stereocenters. The molecule has 0 aliphatic carbocycles. The van der Waals surface area contributed by atoms with Crippen LogP contribution in [0.15, 0.2) is 53.4 Å². The lowest BCUT2D eigenvalue weighted by atomic mass is 10.2. The number of amides is 1. The maximum Gasteiger partial charge on any atom is 0.267 e. The smallest absolute Gasteiger partial charge is 0.267 e. The highest BCUT2D eigenvalue weighted by molar-refractivity contribution is 7.89. The molecule has 0 atom stereocenters. The number of hydrogen-bond acceptors (Lipinski definition) is 4. The fourth-order valence-corrected chi connectivity index (χ4v) is 2.81. The highest BCUT2D eigenvalue weighted by Gasteiger charge is 2.17. The molecular weight excluding hydrogens is 340 g/mol. The van der Waals surface area contributed by atoms with Crippen LogP contribution < -0.4 is 10.3 Å². The Labute approximate surface area is 138 Å². The third-order valence-corrected chi connectivity index (χ3v) is 4.58. The minimum atomic E-state index is -3.95. The molecule has 0 bridgehead atoms. The van der Waals surface area contributed by atoms with Crippen molar-refractivity contribution in [3.63, 3.8) is 0 Å². The van der Waals surface area contributed by atoms with E-state index >= 15 is 0 Å². The molecule has 0 radical (unpaired) electrons. The highest BCUT2D eigenvalue weighted by atomic mass is 35.5. The monoisotopic (exact) mass is 352 g/mol. The van der Waals surface area contributed by atoms with Gasteiger partial charge >= 0.3 is 0 Å². The van der Waals surface area contributed by atoms with E-state index in [0.717, 1.165) is 0 Å². The van der Waals surface area contributed by atoms with Gasteiger partial charge < -0.3 is 0 Å². The number of rotatable bonds is 5. The standard InChI is InChI=1S/C15H13ClN2O4S/c1-10(19)11-6-8-12(9-7-11)23(21,22)18-17-15(20)13-4-2-3-5-14(13)16/h2-9,18H,1H3,(H,17,20). The van der Waals surface area contributed by atoms with Crippen molar-refractivity contribution in [1.29, 1.82) is 0 Å². The Morgan fingerprint density at radius 3 is 2.17 bits per heavy atom. The van der Waals surface area contributed by atoms with Gasteiger partial charge in [-0.25, -0.2) is 8.42 Å². The van der Waals surface area contributed by atoms with E-state index in [1.807, 2.05) is 4.83 Å². The highest BCUT2D eigenvalue weighted by Crippen LogP contribution is 2.14. The number of sulfonamides is 1. The van der Waals surface area contributed by atoms with E-state index in [1.165, 1.54) is 43.3 Å². The zero-order valence-electron chi connectivity index (χ0n) is 12.0. The van der Waals surface area contributed by atoms with E-state index in [1.54, 1.807) is 12.1 Å². The fraction of sp³-hybridized carbons (Fsp3) is 0.0667. The molecule has 2 aromatic carbocycles. The Kier molecular flexibility index (Phi) is 5.15. The van der Waals surface area contributed by atoms with Gasteiger partial charge in [0.05, 0.1) is 15.5 Å². The molecule has 0 aliphatic heterocycles. The predicted molar refractivity (Wildman–Crippen MR) is 85.7 cm³/mol. The van der Waals surface area contributed by atoms with Crippen LogP contribution in [-0.4, -0.2) is 20.1 Å². The van der Waals surface area contributed by atoms with Crippen molar-refractivity contribution in [1.82, 2.24) is 10.3 Å². The molecule has 2 rings (SSSR count). The summed E-state index contributed by atoms with van der Waals surface area (Å²) < 4.78 is 24.2. The molecule has 2 N–H and O–H groups in total. The van der Waals surface area contributed by atoms with E-state index in [-0.39, 0.29) is 21.3 Å². The minimum Gasteiger partial charge on any atom is -0.295 e. The molecule has 0 aliphatic rings. The molecule has 23 heavy (non-hydrogen) atoms. The van der Waals surface area contributed by atoms with Gasteiger partial charge in [0.1, 0.15) is 0 Å². The number of hydrogen-bond donors (Lipinski definition) is 2. The summed E-state index contributed by atoms with van der Waals surface area (Å²) in [6.07, 6.45) is 0. The molecule has 120 valence electrons. The summed E-state index contributed by atoms with van der Waals surface area (Å²) in [6, 6.07) is 11.6. The molecule has 0 heterocycles. The summed E-state index contributed by atoms with van der Waals surface area (Å²) in [6.45, 7) is 1.38. The number of ketones is 1. The molecule has 8 heteroatoms. The number of hydrazine groups is 1. The molecule has 0 aromatic heterocycles. The summed E-state index contributed by atoms with van der Waals surface area (Å²) in [5.41, 5.74) is 2.62. The summed E-state index contributed by atoms with van der Waals surface area (Å²) in [5, 5.41) is 0.204. The van der Waals surface area contributed by atoms with Gasteiger partial charge in [-0.05, 0) is 31.2 Å². The van der Waals surface area contributed by atoms with Gasteiger partial charge in [0.2, 0.25) is 0 Å². The van der Waals surface area contributed by atoms with Gasteiger partial charge in [-0.1, -0.05) is 35.9 Å². The third kappa shape index (κ3) is 4.16. The first-order valence-corrected chi connectivity index (χ1v) is 8.35. The van der Waals surface area contributed by atoms with Crippen LogP contribution in [0.1, 0.15) is 27.6 Å². The minimum absolute atomic E-state index is 0.0815. The molecule has 0 saturated heterocycles. The van der Waals surface area contributed by atoms with Crippen molar-refractivity contribution in [3.05, 3.63) is 64.7 Å². The lowest BCUT2D eigenvalue weighted by molar-refractivity contribution is 0.0944. The van der Waals surface area contributed by atoms with Gasteiger partial charge in [-0.2, -0.15) is 0 Å². The lowest BCUT2D eigenvalue weighted by Gasteiger charge is -2.09. The zero-order chi connectivity index (χ0) is 17.0. The molecular formula is C15H13ClN2O4S. The Bertz CT molecular complexity index is 848. The number of carbonyl (C=O) groups is 2. The third-order valence-electron chi connectivity index (χ3n) is 2.99. The van der Waals surface area contributed by atoms with Crippen molar-refractivity contribution in [2.75, 3.05) is 0 Å². The van der Waals surface area contributed by atoms with Gasteiger partial charge in [0, 0.05) is 5.56 Å². The van der Waals surface area contributed by atoms with Crippen LogP contribution in [0.25, 0.3) is 0 Å². The largest absolute Gasteiger partial charge is 0.295 e. The first-order valence-electron chi connectivity index (χ1n) is 6.49. The van der Waals surface area contributed by atoms with Crippen molar-refractivity contribution < 1.29 is 18.0 Å². The lowest BCUT2D eigenvalue weighted by Crippen LogP contribution is -2.41. The number of halogens is 1. The number of Topliss-reactive ketones (excluding diaryl/α,β-unsaturated/α-hetero) is 1. The van der Waals surface area contributed by atoms with E-state index in [0.29, 0.717) is 5.56 Å². The van der Waals surface area contributed by atoms with Gasteiger partial charge in [0.15, 0.2) is 5.78 Å². The summed E-state index contributed by atoms with van der Waals surface area (Å²) in [7, 11) is -3.95. The van der Waals surface area contributed by atoms with Crippen LogP contribution in [0.3, 0.4) is 0 Å². The number of nitrogens with one attached hydrogen (secondary N) is 2. The second-order valence-electron chi connectivity index (χ2n) is 4.62. The SMILES string of the molecule is CC(=O)c1ccc(S(=O)(=O)NNC(=O)c2ccccc2Cl)cc1. The Morgan fingerprint density at radius 1 is 1.00 bits per heavy atom. The fourth-order valence-electron chi connectivity index (χ4n) is 1.75. The quantitative estimate of drug-likeness (QED) is 0.637. The first-order chi connectivity index (χ1) is 10.8. The maximum absolute atomic E-state index is 12.1. The molecule has 6 nitrogen and oxygen atoms in total. The second kappa shape index (κ2) is 6.91. The first kappa shape index (κ1) is 17.1. The van der Waals surface area contributed by atoms with Crippen LogP contribution in [0.4, 0.5) is 0 Å². The van der Waals surface area contributed by atoms with Gasteiger partial charge in [-0.15, -0.1) is 4.83 Å². The average molecular weight is 353 g/mol. The number of carbonyl (C=O) groups excluding carboxylic acids is 2. The van der Waals surface area contributed by atoms with Crippen molar-refractivity contribution in [3.8, 4) is 0 Å². The Hall–Kier alpha value is -2.22. The normalized spacial score (nSPS) is 11.0. The van der Waals surface area contributed by atoms with Crippen molar-refractivity contribution >= 4 is 33.3 Å².